The van der Waals surface area contributed by atoms with Crippen molar-refractivity contribution in [1.29, 1.82) is 0 Å². The molecule has 3 N–H and O–H groups in total. The number of piperidine rings is 1. The molecule has 0 aliphatic carbocycles. The summed E-state index contributed by atoms with van der Waals surface area (Å²) >= 11 is 1.59. The van der Waals surface area contributed by atoms with Crippen LogP contribution in [0.15, 0.2) is 117 Å². The van der Waals surface area contributed by atoms with E-state index in [9.17, 15) is 31.7 Å². The van der Waals surface area contributed by atoms with Crippen molar-refractivity contribution < 1.29 is 26.5 Å². The van der Waals surface area contributed by atoms with E-state index in [1.54, 1.807) is 48.2 Å². The third-order valence-electron chi connectivity index (χ3n) is 8.06. The van der Waals surface area contributed by atoms with Crippen molar-refractivity contribution in [2.45, 2.75) is 48.2 Å². The number of thioether (sulfide) groups is 1. The van der Waals surface area contributed by atoms with Crippen LogP contribution >= 0.6 is 11.8 Å². The molecule has 1 fully saturated rings. The number of nitro benzene ring substituents is 1. The maximum absolute atomic E-state index is 13.4. The molecule has 1 heterocycles. The van der Waals surface area contributed by atoms with Gasteiger partial charge in [-0.15, -0.1) is 16.2 Å². The highest BCUT2D eigenvalue weighted by Crippen LogP contribution is 2.35. The van der Waals surface area contributed by atoms with E-state index >= 15 is 0 Å². The lowest BCUT2D eigenvalue weighted by Gasteiger charge is -2.30. The minimum absolute atomic E-state index is 0.150. The van der Waals surface area contributed by atoms with Gasteiger partial charge in [0.15, 0.2) is 0 Å². The summed E-state index contributed by atoms with van der Waals surface area (Å²) in [4.78, 5) is 14.1. The molecule has 14 heteroatoms. The lowest BCUT2D eigenvalue weighted by Crippen LogP contribution is -2.34. The maximum Gasteiger partial charge on any atom is 0.416 e. The number of nitrogens with one attached hydrogen (secondary N) is 1. The standard InChI is InChI=1S/C36H36F3N5O4S2/c1-35(2,24-49-29-9-4-3-5-10-29)41-32-17-16-30(23-33(32)44(45)46)50(47,48)42-34(40)26-12-14-28(15-13-26)43-20-18-25(19-21-43)22-27-8-6-7-11-31(27)36(37,38)39/h3-17,22-23,41H,18-21,24H2,1-2H3,(H2,40,42). The predicted molar refractivity (Wildman–Crippen MR) is 193 cm³/mol. The Morgan fingerprint density at radius 1 is 0.980 bits per heavy atom. The van der Waals surface area contributed by atoms with Gasteiger partial charge in [-0.05, 0) is 86.8 Å². The maximum atomic E-state index is 13.4. The second-order valence-electron chi connectivity index (χ2n) is 12.4. The SMILES string of the molecule is CC(C)(CSc1ccccc1)Nc1ccc(S(=O)(=O)N=C(N)c2ccc(N3CCC(=Cc4ccccc4C(F)(F)F)CC3)cc2)cc1[N+](=O)[O-]. The van der Waals surface area contributed by atoms with E-state index in [4.69, 9.17) is 5.73 Å². The molecule has 5 rings (SSSR count). The third-order valence-corrected chi connectivity index (χ3v) is 10.8. The number of benzene rings is 4. The highest BCUT2D eigenvalue weighted by atomic mass is 32.2. The topological polar surface area (TPSA) is 131 Å². The van der Waals surface area contributed by atoms with Crippen LogP contribution in [0, 0.1) is 10.1 Å². The molecule has 0 bridgehead atoms. The summed E-state index contributed by atoms with van der Waals surface area (Å²) in [5, 5.41) is 15.1. The average molecular weight is 724 g/mol. The van der Waals surface area contributed by atoms with E-state index in [1.807, 2.05) is 44.2 Å². The summed E-state index contributed by atoms with van der Waals surface area (Å²) in [6.07, 6.45) is -1.65. The molecule has 4 aromatic carbocycles. The van der Waals surface area contributed by atoms with E-state index < -0.39 is 37.9 Å². The lowest BCUT2D eigenvalue weighted by molar-refractivity contribution is -0.384. The first kappa shape index (κ1) is 36.5. The fourth-order valence-electron chi connectivity index (χ4n) is 5.49. The number of nitrogens with two attached hydrogens (primary N) is 1. The molecule has 0 aromatic heterocycles. The number of nitrogens with zero attached hydrogens (tertiary/aromatic N) is 3. The van der Waals surface area contributed by atoms with Crippen LogP contribution in [0.3, 0.4) is 0 Å². The summed E-state index contributed by atoms with van der Waals surface area (Å²) in [6.45, 7) is 4.97. The van der Waals surface area contributed by atoms with Crippen LogP contribution in [-0.4, -0.2) is 43.6 Å². The van der Waals surface area contributed by atoms with Gasteiger partial charge in [0, 0.05) is 46.6 Å². The molecule has 262 valence electrons. The molecule has 0 spiro atoms. The first-order valence-electron chi connectivity index (χ1n) is 15.7. The van der Waals surface area contributed by atoms with Crippen LogP contribution in [0.1, 0.15) is 43.4 Å². The van der Waals surface area contributed by atoms with Crippen LogP contribution in [0.2, 0.25) is 0 Å². The number of amidine groups is 1. The van der Waals surface area contributed by atoms with Crippen molar-refractivity contribution in [3.05, 3.63) is 129 Å². The Morgan fingerprint density at radius 2 is 1.62 bits per heavy atom. The van der Waals surface area contributed by atoms with Gasteiger partial charge in [-0.2, -0.15) is 21.6 Å². The van der Waals surface area contributed by atoms with Gasteiger partial charge in [-0.1, -0.05) is 48.0 Å². The van der Waals surface area contributed by atoms with Crippen molar-refractivity contribution in [3.63, 3.8) is 0 Å². The Morgan fingerprint density at radius 3 is 2.26 bits per heavy atom. The summed E-state index contributed by atoms with van der Waals surface area (Å²) < 4.78 is 70.4. The van der Waals surface area contributed by atoms with Crippen molar-refractivity contribution >= 4 is 50.8 Å². The highest BCUT2D eigenvalue weighted by Gasteiger charge is 2.32. The van der Waals surface area contributed by atoms with E-state index in [-0.39, 0.29) is 22.0 Å². The van der Waals surface area contributed by atoms with E-state index in [0.29, 0.717) is 37.2 Å². The van der Waals surface area contributed by atoms with Gasteiger partial charge in [0.2, 0.25) is 0 Å². The number of rotatable bonds is 11. The van der Waals surface area contributed by atoms with Crippen LogP contribution in [-0.2, 0) is 16.2 Å². The van der Waals surface area contributed by atoms with E-state index in [1.165, 1.54) is 24.3 Å². The van der Waals surface area contributed by atoms with Gasteiger partial charge in [-0.25, -0.2) is 0 Å². The Labute approximate surface area is 293 Å². The van der Waals surface area contributed by atoms with Crippen molar-refractivity contribution in [2.75, 3.05) is 29.1 Å². The Kier molecular flexibility index (Phi) is 10.9. The predicted octanol–water partition coefficient (Wildman–Crippen LogP) is 8.37. The average Bonchev–Trinajstić information content (AvgIpc) is 3.08. The minimum atomic E-state index is -4.43. The second-order valence-corrected chi connectivity index (χ2v) is 15.1. The molecular weight excluding hydrogens is 688 g/mol. The van der Waals surface area contributed by atoms with Gasteiger partial charge in [0.25, 0.3) is 15.7 Å². The normalized spacial score (nSPS) is 14.4. The van der Waals surface area contributed by atoms with E-state index in [0.717, 1.165) is 28.3 Å². The van der Waals surface area contributed by atoms with Gasteiger partial charge >= 0.3 is 6.18 Å². The zero-order valence-corrected chi connectivity index (χ0v) is 29.0. The zero-order chi connectivity index (χ0) is 36.1. The van der Waals surface area contributed by atoms with Crippen LogP contribution in [0.25, 0.3) is 6.08 Å². The number of hydrogen-bond acceptors (Lipinski definition) is 7. The number of halogens is 3. The molecular formula is C36H36F3N5O4S2. The van der Waals surface area contributed by atoms with Crippen molar-refractivity contribution in [2.24, 2.45) is 10.1 Å². The van der Waals surface area contributed by atoms with Crippen LogP contribution in [0.5, 0.6) is 0 Å². The van der Waals surface area contributed by atoms with Crippen molar-refractivity contribution in [3.8, 4) is 0 Å². The summed E-state index contributed by atoms with van der Waals surface area (Å²) in [7, 11) is -4.41. The first-order chi connectivity index (χ1) is 23.6. The van der Waals surface area contributed by atoms with Crippen molar-refractivity contribution in [1.82, 2.24) is 0 Å². The van der Waals surface area contributed by atoms with Gasteiger partial charge < -0.3 is 16.0 Å². The molecule has 4 aromatic rings. The largest absolute Gasteiger partial charge is 0.416 e. The van der Waals surface area contributed by atoms with Gasteiger partial charge in [0.1, 0.15) is 11.5 Å². The number of anilines is 2. The molecule has 0 amide bonds. The van der Waals surface area contributed by atoms with Crippen LogP contribution in [0.4, 0.5) is 30.2 Å². The number of nitro groups is 1. The monoisotopic (exact) mass is 723 g/mol. The Balaban J connectivity index is 1.25. The Hall–Kier alpha value is -4.82. The lowest BCUT2D eigenvalue weighted by atomic mass is 9.98. The molecule has 0 radical (unpaired) electrons. The molecule has 0 atom stereocenters. The van der Waals surface area contributed by atoms with E-state index in [2.05, 4.69) is 14.6 Å². The third kappa shape index (κ3) is 9.24. The summed E-state index contributed by atoms with van der Waals surface area (Å²) in [6, 6.07) is 25.6. The summed E-state index contributed by atoms with van der Waals surface area (Å²) in [5.74, 6) is 0.303. The molecule has 9 nitrogen and oxygen atoms in total. The fourth-order valence-corrected chi connectivity index (χ4v) is 7.40. The fraction of sp³-hybridized carbons (Fsp3) is 0.250. The Bertz CT molecular complexity index is 2010. The molecule has 0 saturated carbocycles. The highest BCUT2D eigenvalue weighted by molar-refractivity contribution is 7.99. The van der Waals surface area contributed by atoms with Gasteiger partial charge in [0.05, 0.1) is 15.4 Å². The molecule has 1 saturated heterocycles. The zero-order valence-electron chi connectivity index (χ0n) is 27.4. The minimum Gasteiger partial charge on any atom is -0.383 e. The second kappa shape index (κ2) is 15.0. The molecule has 1 aliphatic heterocycles. The quantitative estimate of drug-likeness (QED) is 0.0519. The number of alkyl halides is 3. The number of sulfonamides is 1. The number of hydrogen-bond donors (Lipinski definition) is 2. The van der Waals surface area contributed by atoms with Crippen LogP contribution < -0.4 is 16.0 Å². The molecule has 1 aliphatic rings. The summed E-state index contributed by atoms with van der Waals surface area (Å²) in [5.41, 5.74) is 6.87. The smallest absolute Gasteiger partial charge is 0.383 e. The molecule has 50 heavy (non-hydrogen) atoms. The van der Waals surface area contributed by atoms with Gasteiger partial charge in [-0.3, -0.25) is 10.1 Å². The first-order valence-corrected chi connectivity index (χ1v) is 18.1. The molecule has 0 unspecified atom stereocenters.